The lowest BCUT2D eigenvalue weighted by Gasteiger charge is -2.14. The van der Waals surface area contributed by atoms with Gasteiger partial charge in [0.15, 0.2) is 0 Å². The number of carbonyl (C=O) groups is 2. The van der Waals surface area contributed by atoms with Crippen LogP contribution in [0.15, 0.2) is 34.7 Å². The average Bonchev–Trinajstić information content (AvgIpc) is 2.94. The third-order valence-corrected chi connectivity index (χ3v) is 4.77. The SMILES string of the molecule is COC(=O)c1cc(CSCC(=O)N[C@@H](C)c2cccc(Cl)c2)oc1C. The second-order valence-corrected chi connectivity index (χ2v) is 6.93. The number of amides is 1. The molecule has 25 heavy (non-hydrogen) atoms. The molecule has 0 aliphatic carbocycles. The van der Waals surface area contributed by atoms with Crippen LogP contribution in [0.2, 0.25) is 5.02 Å². The molecule has 0 fully saturated rings. The van der Waals surface area contributed by atoms with Crippen LogP contribution in [-0.4, -0.2) is 24.7 Å². The van der Waals surface area contributed by atoms with Gasteiger partial charge in [-0.1, -0.05) is 23.7 Å². The Morgan fingerprint density at radius 1 is 1.36 bits per heavy atom. The van der Waals surface area contributed by atoms with Crippen molar-refractivity contribution in [1.82, 2.24) is 5.32 Å². The molecule has 134 valence electrons. The van der Waals surface area contributed by atoms with Gasteiger partial charge in [0.25, 0.3) is 0 Å². The summed E-state index contributed by atoms with van der Waals surface area (Å²) in [5.74, 6) is 1.44. The Hall–Kier alpha value is -1.92. The summed E-state index contributed by atoms with van der Waals surface area (Å²) in [6.45, 7) is 3.62. The number of ether oxygens (including phenoxy) is 1. The molecule has 0 aliphatic rings. The highest BCUT2D eigenvalue weighted by atomic mass is 35.5. The van der Waals surface area contributed by atoms with Crippen LogP contribution in [-0.2, 0) is 15.3 Å². The molecule has 1 amide bonds. The Bertz CT molecular complexity index is 759. The number of halogens is 1. The van der Waals surface area contributed by atoms with Crippen molar-refractivity contribution in [3.05, 3.63) is 58.0 Å². The summed E-state index contributed by atoms with van der Waals surface area (Å²) in [6.07, 6.45) is 0. The molecule has 1 N–H and O–H groups in total. The smallest absolute Gasteiger partial charge is 0.341 e. The van der Waals surface area contributed by atoms with Gasteiger partial charge in [0.05, 0.1) is 24.7 Å². The minimum atomic E-state index is -0.425. The lowest BCUT2D eigenvalue weighted by molar-refractivity contribution is -0.119. The van der Waals surface area contributed by atoms with Crippen molar-refractivity contribution >= 4 is 35.2 Å². The van der Waals surface area contributed by atoms with E-state index in [1.807, 2.05) is 25.1 Å². The molecule has 2 rings (SSSR count). The van der Waals surface area contributed by atoms with E-state index < -0.39 is 5.97 Å². The highest BCUT2D eigenvalue weighted by Crippen LogP contribution is 2.21. The molecule has 1 atom stereocenters. The van der Waals surface area contributed by atoms with Crippen molar-refractivity contribution in [3.63, 3.8) is 0 Å². The molecular weight excluding hydrogens is 362 g/mol. The maximum atomic E-state index is 12.1. The molecule has 2 aromatic rings. The first-order valence-corrected chi connectivity index (χ1v) is 9.24. The molecule has 0 saturated carbocycles. The monoisotopic (exact) mass is 381 g/mol. The highest BCUT2D eigenvalue weighted by molar-refractivity contribution is 7.99. The van der Waals surface area contributed by atoms with E-state index in [4.69, 9.17) is 16.0 Å². The first-order valence-electron chi connectivity index (χ1n) is 7.71. The summed E-state index contributed by atoms with van der Waals surface area (Å²) in [5, 5.41) is 3.57. The molecule has 1 aromatic carbocycles. The predicted octanol–water partition coefficient (Wildman–Crippen LogP) is 4.14. The number of methoxy groups -OCH3 is 1. The number of nitrogens with one attached hydrogen (secondary N) is 1. The van der Waals surface area contributed by atoms with Crippen LogP contribution in [0.4, 0.5) is 0 Å². The van der Waals surface area contributed by atoms with Crippen LogP contribution in [0.25, 0.3) is 0 Å². The van der Waals surface area contributed by atoms with E-state index in [1.165, 1.54) is 18.9 Å². The number of rotatable bonds is 7. The first kappa shape index (κ1) is 19.4. The van der Waals surface area contributed by atoms with Gasteiger partial charge in [0.2, 0.25) is 5.91 Å². The van der Waals surface area contributed by atoms with Gasteiger partial charge in [0.1, 0.15) is 17.1 Å². The second-order valence-electron chi connectivity index (χ2n) is 5.51. The molecule has 7 heteroatoms. The molecule has 1 aromatic heterocycles. The lowest BCUT2D eigenvalue weighted by Crippen LogP contribution is -2.28. The van der Waals surface area contributed by atoms with E-state index in [-0.39, 0.29) is 17.7 Å². The van der Waals surface area contributed by atoms with Crippen LogP contribution < -0.4 is 5.32 Å². The number of benzene rings is 1. The molecular formula is C18H20ClNO4S. The quantitative estimate of drug-likeness (QED) is 0.730. The van der Waals surface area contributed by atoms with E-state index in [0.717, 1.165) is 5.56 Å². The van der Waals surface area contributed by atoms with Crippen molar-refractivity contribution in [1.29, 1.82) is 0 Å². The Balaban J connectivity index is 1.81. The number of thioether (sulfide) groups is 1. The highest BCUT2D eigenvalue weighted by Gasteiger charge is 2.16. The van der Waals surface area contributed by atoms with Crippen LogP contribution >= 0.6 is 23.4 Å². The van der Waals surface area contributed by atoms with Gasteiger partial charge in [0, 0.05) is 5.02 Å². The predicted molar refractivity (Wildman–Crippen MR) is 99.0 cm³/mol. The molecule has 0 radical (unpaired) electrons. The van der Waals surface area contributed by atoms with Crippen LogP contribution in [0.5, 0.6) is 0 Å². The fraction of sp³-hybridized carbons (Fsp3) is 0.333. The van der Waals surface area contributed by atoms with Gasteiger partial charge >= 0.3 is 5.97 Å². The molecule has 0 saturated heterocycles. The minimum absolute atomic E-state index is 0.0751. The first-order chi connectivity index (χ1) is 11.9. The summed E-state index contributed by atoms with van der Waals surface area (Å²) < 4.78 is 10.2. The largest absolute Gasteiger partial charge is 0.465 e. The summed E-state index contributed by atoms with van der Waals surface area (Å²) in [5.41, 5.74) is 1.37. The van der Waals surface area contributed by atoms with Gasteiger partial charge < -0.3 is 14.5 Å². The van der Waals surface area contributed by atoms with Crippen LogP contribution in [0.3, 0.4) is 0 Å². The standard InChI is InChI=1S/C18H20ClNO4S/c1-11(13-5-4-6-14(19)7-13)20-17(21)10-25-9-15-8-16(12(2)24-15)18(22)23-3/h4-8,11H,9-10H2,1-3H3,(H,20,21)/t11-/m0/s1. The molecule has 5 nitrogen and oxygen atoms in total. The van der Waals surface area contributed by atoms with E-state index in [0.29, 0.717) is 27.9 Å². The maximum Gasteiger partial charge on any atom is 0.341 e. The number of esters is 1. The van der Waals surface area contributed by atoms with Crippen molar-refractivity contribution in [2.75, 3.05) is 12.9 Å². The fourth-order valence-corrected chi connectivity index (χ4v) is 3.23. The Morgan fingerprint density at radius 2 is 2.12 bits per heavy atom. The van der Waals surface area contributed by atoms with E-state index >= 15 is 0 Å². The fourth-order valence-electron chi connectivity index (χ4n) is 2.31. The molecule has 0 bridgehead atoms. The van der Waals surface area contributed by atoms with Crippen molar-refractivity contribution in [3.8, 4) is 0 Å². The van der Waals surface area contributed by atoms with E-state index in [2.05, 4.69) is 10.1 Å². The van der Waals surface area contributed by atoms with E-state index in [9.17, 15) is 9.59 Å². The Morgan fingerprint density at radius 3 is 2.80 bits per heavy atom. The van der Waals surface area contributed by atoms with Gasteiger partial charge in [-0.15, -0.1) is 11.8 Å². The van der Waals surface area contributed by atoms with E-state index in [1.54, 1.807) is 19.1 Å². The number of hydrogen-bond donors (Lipinski definition) is 1. The number of aryl methyl sites for hydroxylation is 1. The number of hydrogen-bond acceptors (Lipinski definition) is 5. The molecule has 0 aliphatic heterocycles. The summed E-state index contributed by atoms with van der Waals surface area (Å²) in [7, 11) is 1.33. The second kappa shape index (κ2) is 8.97. The van der Waals surface area contributed by atoms with Crippen LogP contribution in [0, 0.1) is 6.92 Å². The normalized spacial score (nSPS) is 11.8. The van der Waals surface area contributed by atoms with Crippen LogP contribution in [0.1, 0.15) is 40.4 Å². The maximum absolute atomic E-state index is 12.1. The molecule has 1 heterocycles. The number of furan rings is 1. The minimum Gasteiger partial charge on any atom is -0.465 e. The summed E-state index contributed by atoms with van der Waals surface area (Å²) in [6, 6.07) is 8.93. The molecule has 0 unspecified atom stereocenters. The van der Waals surface area contributed by atoms with Gasteiger partial charge in [-0.05, 0) is 37.6 Å². The summed E-state index contributed by atoms with van der Waals surface area (Å²) >= 11 is 7.38. The Labute approximate surface area is 156 Å². The summed E-state index contributed by atoms with van der Waals surface area (Å²) in [4.78, 5) is 23.6. The molecule has 0 spiro atoms. The lowest BCUT2D eigenvalue weighted by atomic mass is 10.1. The van der Waals surface area contributed by atoms with Crippen molar-refractivity contribution < 1.29 is 18.7 Å². The zero-order valence-corrected chi connectivity index (χ0v) is 15.9. The van der Waals surface area contributed by atoms with Gasteiger partial charge in [-0.2, -0.15) is 0 Å². The zero-order chi connectivity index (χ0) is 18.4. The Kier molecular flexibility index (Phi) is 6.96. The average molecular weight is 382 g/mol. The third-order valence-electron chi connectivity index (χ3n) is 3.58. The van der Waals surface area contributed by atoms with Gasteiger partial charge in [-0.3, -0.25) is 4.79 Å². The zero-order valence-electron chi connectivity index (χ0n) is 14.3. The van der Waals surface area contributed by atoms with Crippen molar-refractivity contribution in [2.45, 2.75) is 25.6 Å². The topological polar surface area (TPSA) is 68.5 Å². The van der Waals surface area contributed by atoms with Gasteiger partial charge in [-0.25, -0.2) is 4.79 Å². The van der Waals surface area contributed by atoms with Crippen molar-refractivity contribution in [2.24, 2.45) is 0 Å². The third kappa shape index (κ3) is 5.54. The number of carbonyl (C=O) groups excluding carboxylic acids is 2.